The lowest BCUT2D eigenvalue weighted by molar-refractivity contribution is 0.403. The molecule has 0 aliphatic rings. The Hall–Kier alpha value is -1.74. The minimum atomic E-state index is 0.721. The highest BCUT2D eigenvalue weighted by Crippen LogP contribution is 2.18. The Kier molecular flexibility index (Phi) is 4.05. The van der Waals surface area contributed by atoms with E-state index < -0.39 is 0 Å². The number of aryl methyl sites for hydroxylation is 1. The minimum Gasteiger partial charge on any atom is -0.465 e. The van der Waals surface area contributed by atoms with Gasteiger partial charge in [-0.1, -0.05) is 18.2 Å². The summed E-state index contributed by atoms with van der Waals surface area (Å²) in [5.74, 6) is 1.92. The molecule has 1 aromatic heterocycles. The van der Waals surface area contributed by atoms with Crippen LogP contribution in [0.15, 0.2) is 40.8 Å². The van der Waals surface area contributed by atoms with Crippen LogP contribution in [0.3, 0.4) is 0 Å². The van der Waals surface area contributed by atoms with Crippen LogP contribution in [0, 0.1) is 6.92 Å². The van der Waals surface area contributed by atoms with Gasteiger partial charge in [0.2, 0.25) is 0 Å². The zero-order valence-corrected chi connectivity index (χ0v) is 11.2. The van der Waals surface area contributed by atoms with Crippen LogP contribution in [0.5, 0.6) is 0 Å². The summed E-state index contributed by atoms with van der Waals surface area (Å²) in [4.78, 5) is 2.16. The van der Waals surface area contributed by atoms with Crippen LogP contribution in [-0.2, 0) is 13.1 Å². The number of nitrogens with one attached hydrogen (secondary N) is 1. The molecule has 0 radical (unpaired) electrons. The molecule has 0 fully saturated rings. The number of hydrogen-bond donors (Lipinski definition) is 1. The van der Waals surface area contributed by atoms with Crippen molar-refractivity contribution in [2.75, 3.05) is 19.4 Å². The number of para-hydroxylation sites is 1. The molecule has 0 saturated carbocycles. The fourth-order valence-electron chi connectivity index (χ4n) is 1.93. The average molecular weight is 244 g/mol. The molecule has 0 saturated heterocycles. The van der Waals surface area contributed by atoms with E-state index in [1.165, 1.54) is 11.3 Å². The molecular formula is C15H20N2O. The molecule has 0 unspecified atom stereocenters. The van der Waals surface area contributed by atoms with E-state index in [1.807, 2.05) is 19.1 Å². The van der Waals surface area contributed by atoms with Gasteiger partial charge in [0, 0.05) is 12.2 Å². The molecule has 2 rings (SSSR count). The number of benzene rings is 1. The van der Waals surface area contributed by atoms with Crippen LogP contribution in [0.25, 0.3) is 0 Å². The van der Waals surface area contributed by atoms with Gasteiger partial charge in [-0.05, 0) is 44.8 Å². The highest BCUT2D eigenvalue weighted by molar-refractivity contribution is 5.51. The lowest BCUT2D eigenvalue weighted by Crippen LogP contribution is -2.12. The maximum absolute atomic E-state index is 5.55. The molecule has 1 N–H and O–H groups in total. The Morgan fingerprint density at radius 3 is 2.56 bits per heavy atom. The van der Waals surface area contributed by atoms with Crippen LogP contribution < -0.4 is 5.32 Å². The van der Waals surface area contributed by atoms with Crippen LogP contribution in [0.1, 0.15) is 17.1 Å². The maximum Gasteiger partial charge on any atom is 0.123 e. The van der Waals surface area contributed by atoms with E-state index in [2.05, 4.69) is 48.6 Å². The van der Waals surface area contributed by atoms with Gasteiger partial charge in [0.15, 0.2) is 0 Å². The Morgan fingerprint density at radius 1 is 1.11 bits per heavy atom. The van der Waals surface area contributed by atoms with E-state index in [-0.39, 0.29) is 0 Å². The molecule has 0 spiro atoms. The Morgan fingerprint density at radius 2 is 1.89 bits per heavy atom. The maximum atomic E-state index is 5.55. The molecule has 1 aromatic carbocycles. The van der Waals surface area contributed by atoms with Crippen molar-refractivity contribution in [2.45, 2.75) is 20.0 Å². The van der Waals surface area contributed by atoms with Gasteiger partial charge in [0.1, 0.15) is 11.5 Å². The normalized spacial score (nSPS) is 10.9. The predicted octanol–water partition coefficient (Wildman–Crippen LogP) is 3.26. The van der Waals surface area contributed by atoms with Crippen molar-refractivity contribution in [3.05, 3.63) is 53.5 Å². The van der Waals surface area contributed by atoms with E-state index in [1.54, 1.807) is 0 Å². The van der Waals surface area contributed by atoms with Crippen molar-refractivity contribution in [3.63, 3.8) is 0 Å². The molecule has 0 bridgehead atoms. The fraction of sp³-hybridized carbons (Fsp3) is 0.333. The van der Waals surface area contributed by atoms with Crippen LogP contribution in [0.2, 0.25) is 0 Å². The first kappa shape index (κ1) is 12.7. The molecule has 0 amide bonds. The summed E-state index contributed by atoms with van der Waals surface area (Å²) >= 11 is 0. The molecule has 3 nitrogen and oxygen atoms in total. The van der Waals surface area contributed by atoms with Crippen molar-refractivity contribution in [1.29, 1.82) is 0 Å². The zero-order chi connectivity index (χ0) is 13.0. The summed E-state index contributed by atoms with van der Waals surface area (Å²) in [6.45, 7) is 3.61. The van der Waals surface area contributed by atoms with Crippen LogP contribution in [-0.4, -0.2) is 19.0 Å². The van der Waals surface area contributed by atoms with E-state index in [4.69, 9.17) is 4.42 Å². The lowest BCUT2D eigenvalue weighted by atomic mass is 10.1. The monoisotopic (exact) mass is 244 g/mol. The summed E-state index contributed by atoms with van der Waals surface area (Å²) < 4.78 is 5.55. The van der Waals surface area contributed by atoms with E-state index in [0.717, 1.165) is 24.6 Å². The summed E-state index contributed by atoms with van der Waals surface area (Å²) in [6.07, 6.45) is 0. The summed E-state index contributed by atoms with van der Waals surface area (Å²) in [7, 11) is 4.15. The van der Waals surface area contributed by atoms with Gasteiger partial charge >= 0.3 is 0 Å². The number of furan rings is 1. The third-order valence-corrected chi connectivity index (χ3v) is 2.75. The van der Waals surface area contributed by atoms with Gasteiger partial charge < -0.3 is 14.6 Å². The van der Waals surface area contributed by atoms with Gasteiger partial charge in [-0.25, -0.2) is 0 Å². The Labute approximate surface area is 108 Å². The van der Waals surface area contributed by atoms with E-state index in [0.29, 0.717) is 0 Å². The number of nitrogens with zero attached hydrogens (tertiary/aromatic N) is 1. The topological polar surface area (TPSA) is 28.4 Å². The Balaban J connectivity index is 2.04. The van der Waals surface area contributed by atoms with Crippen molar-refractivity contribution in [1.82, 2.24) is 4.90 Å². The predicted molar refractivity (Wildman–Crippen MR) is 74.6 cm³/mol. The van der Waals surface area contributed by atoms with Crippen molar-refractivity contribution in [2.24, 2.45) is 0 Å². The van der Waals surface area contributed by atoms with Gasteiger partial charge in [-0.15, -0.1) is 0 Å². The molecular weight excluding hydrogens is 224 g/mol. The first-order chi connectivity index (χ1) is 8.65. The Bertz CT molecular complexity index is 503. The molecule has 1 heterocycles. The quantitative estimate of drug-likeness (QED) is 0.875. The molecule has 18 heavy (non-hydrogen) atoms. The minimum absolute atomic E-state index is 0.721. The average Bonchev–Trinajstić information content (AvgIpc) is 2.73. The smallest absolute Gasteiger partial charge is 0.123 e. The zero-order valence-electron chi connectivity index (χ0n) is 11.2. The molecule has 0 aliphatic carbocycles. The highest BCUT2D eigenvalue weighted by Gasteiger charge is 2.04. The fourth-order valence-corrected chi connectivity index (χ4v) is 1.93. The standard InChI is InChI=1S/C15H20N2O/c1-12-8-9-14(18-12)10-16-15-7-5-4-6-13(15)11-17(2)3/h4-9,16H,10-11H2,1-3H3. The summed E-state index contributed by atoms with van der Waals surface area (Å²) in [6, 6.07) is 12.4. The van der Waals surface area contributed by atoms with Gasteiger partial charge in [0.25, 0.3) is 0 Å². The number of anilines is 1. The molecule has 3 heteroatoms. The highest BCUT2D eigenvalue weighted by atomic mass is 16.3. The largest absolute Gasteiger partial charge is 0.465 e. The number of hydrogen-bond acceptors (Lipinski definition) is 3. The number of rotatable bonds is 5. The SMILES string of the molecule is Cc1ccc(CNc2ccccc2CN(C)C)o1. The van der Waals surface area contributed by atoms with Crippen molar-refractivity contribution in [3.8, 4) is 0 Å². The van der Waals surface area contributed by atoms with Crippen molar-refractivity contribution < 1.29 is 4.42 Å². The second kappa shape index (κ2) is 5.74. The van der Waals surface area contributed by atoms with Crippen LogP contribution in [0.4, 0.5) is 5.69 Å². The molecule has 96 valence electrons. The second-order valence-electron chi connectivity index (χ2n) is 4.76. The molecule has 0 atom stereocenters. The van der Waals surface area contributed by atoms with E-state index >= 15 is 0 Å². The van der Waals surface area contributed by atoms with Gasteiger partial charge in [-0.2, -0.15) is 0 Å². The molecule has 0 aliphatic heterocycles. The van der Waals surface area contributed by atoms with Gasteiger partial charge in [-0.3, -0.25) is 0 Å². The third kappa shape index (κ3) is 3.37. The summed E-state index contributed by atoms with van der Waals surface area (Å²) in [5, 5.41) is 3.43. The lowest BCUT2D eigenvalue weighted by Gasteiger charge is -2.15. The van der Waals surface area contributed by atoms with Gasteiger partial charge in [0.05, 0.1) is 6.54 Å². The second-order valence-corrected chi connectivity index (χ2v) is 4.76. The van der Waals surface area contributed by atoms with Crippen molar-refractivity contribution >= 4 is 5.69 Å². The summed E-state index contributed by atoms with van der Waals surface area (Å²) in [5.41, 5.74) is 2.46. The first-order valence-corrected chi connectivity index (χ1v) is 6.17. The first-order valence-electron chi connectivity index (χ1n) is 6.17. The molecule has 2 aromatic rings. The van der Waals surface area contributed by atoms with Crippen LogP contribution >= 0.6 is 0 Å². The van der Waals surface area contributed by atoms with E-state index in [9.17, 15) is 0 Å². The third-order valence-electron chi connectivity index (χ3n) is 2.75.